The van der Waals surface area contributed by atoms with E-state index in [-0.39, 0.29) is 0 Å². The minimum absolute atomic E-state index is 0.319. The number of amides is 2. The summed E-state index contributed by atoms with van der Waals surface area (Å²) < 4.78 is 10.6. The van der Waals surface area contributed by atoms with Crippen LogP contribution in [0.4, 0.5) is 5.00 Å². The van der Waals surface area contributed by atoms with Crippen molar-refractivity contribution in [3.8, 4) is 5.75 Å². The van der Waals surface area contributed by atoms with Gasteiger partial charge in [0.15, 0.2) is 0 Å². The lowest BCUT2D eigenvalue weighted by Crippen LogP contribution is -2.32. The number of thiophene rings is 1. The van der Waals surface area contributed by atoms with Gasteiger partial charge in [0, 0.05) is 9.90 Å². The SMILES string of the molecule is COC(=O)c1c(NC(=O)C(=O)NN=Cc2ccc(OCc3ccc(Cl)cc3)cc2)sc2c1CCC2. The van der Waals surface area contributed by atoms with Crippen molar-refractivity contribution in [2.24, 2.45) is 5.10 Å². The molecule has 0 bridgehead atoms. The molecule has 0 saturated heterocycles. The number of esters is 1. The Morgan fingerprint density at radius 1 is 1.06 bits per heavy atom. The van der Waals surface area contributed by atoms with Crippen LogP contribution in [-0.2, 0) is 33.8 Å². The molecule has 0 atom stereocenters. The lowest BCUT2D eigenvalue weighted by molar-refractivity contribution is -0.136. The standard InChI is InChI=1S/C25H22ClN3O5S/c1-33-25(32)21-19-3-2-4-20(19)35-24(21)28-22(30)23(31)29-27-13-15-7-11-18(12-8-15)34-14-16-5-9-17(26)10-6-16/h5-13H,2-4,14H2,1H3,(H,28,30)(H,29,31). The number of hydrogen-bond acceptors (Lipinski definition) is 7. The molecule has 0 aliphatic heterocycles. The summed E-state index contributed by atoms with van der Waals surface area (Å²) in [5.41, 5.74) is 5.10. The first kappa shape index (κ1) is 24.4. The van der Waals surface area contributed by atoms with Gasteiger partial charge in [-0.2, -0.15) is 5.10 Å². The van der Waals surface area contributed by atoms with Crippen LogP contribution in [0.2, 0.25) is 5.02 Å². The van der Waals surface area contributed by atoms with Crippen LogP contribution in [0.3, 0.4) is 0 Å². The number of carbonyl (C=O) groups excluding carboxylic acids is 3. The van der Waals surface area contributed by atoms with Gasteiger partial charge in [0.2, 0.25) is 0 Å². The number of methoxy groups -OCH3 is 1. The zero-order chi connectivity index (χ0) is 24.8. The topological polar surface area (TPSA) is 106 Å². The average Bonchev–Trinajstić information content (AvgIpc) is 3.45. The van der Waals surface area contributed by atoms with Crippen LogP contribution in [-0.4, -0.2) is 31.1 Å². The normalized spacial score (nSPS) is 12.3. The molecular weight excluding hydrogens is 490 g/mol. The van der Waals surface area contributed by atoms with Crippen LogP contribution >= 0.6 is 22.9 Å². The minimum atomic E-state index is -0.950. The van der Waals surface area contributed by atoms with Gasteiger partial charge in [-0.1, -0.05) is 23.7 Å². The van der Waals surface area contributed by atoms with E-state index in [4.69, 9.17) is 21.1 Å². The maximum atomic E-state index is 12.3. The zero-order valence-corrected chi connectivity index (χ0v) is 20.4. The highest BCUT2D eigenvalue weighted by atomic mass is 35.5. The second kappa shape index (κ2) is 11.2. The van der Waals surface area contributed by atoms with Gasteiger partial charge in [0.1, 0.15) is 17.4 Å². The van der Waals surface area contributed by atoms with Crippen molar-refractivity contribution in [3.63, 3.8) is 0 Å². The second-order valence-electron chi connectivity index (χ2n) is 7.69. The molecular formula is C25H22ClN3O5S. The van der Waals surface area contributed by atoms with Crippen molar-refractivity contribution in [2.75, 3.05) is 12.4 Å². The molecule has 0 unspecified atom stereocenters. The molecule has 10 heteroatoms. The molecule has 180 valence electrons. The summed E-state index contributed by atoms with van der Waals surface area (Å²) in [7, 11) is 1.28. The quantitative estimate of drug-likeness (QED) is 0.212. The zero-order valence-electron chi connectivity index (χ0n) is 18.8. The monoisotopic (exact) mass is 511 g/mol. The Morgan fingerprint density at radius 3 is 2.51 bits per heavy atom. The number of nitrogens with one attached hydrogen (secondary N) is 2. The molecule has 0 saturated carbocycles. The van der Waals surface area contributed by atoms with Crippen LogP contribution in [0, 0.1) is 0 Å². The van der Waals surface area contributed by atoms with E-state index in [1.165, 1.54) is 24.7 Å². The van der Waals surface area contributed by atoms with E-state index >= 15 is 0 Å². The molecule has 2 N–H and O–H groups in total. The molecule has 1 heterocycles. The van der Waals surface area contributed by atoms with E-state index in [0.29, 0.717) is 33.5 Å². The van der Waals surface area contributed by atoms with Gasteiger partial charge in [-0.05, 0) is 72.4 Å². The van der Waals surface area contributed by atoms with Crippen LogP contribution in [0.5, 0.6) is 5.75 Å². The van der Waals surface area contributed by atoms with Gasteiger partial charge in [0.05, 0.1) is 18.9 Å². The van der Waals surface area contributed by atoms with Crippen molar-refractivity contribution >= 4 is 51.9 Å². The van der Waals surface area contributed by atoms with Gasteiger partial charge in [-0.3, -0.25) is 9.59 Å². The largest absolute Gasteiger partial charge is 0.489 e. The van der Waals surface area contributed by atoms with Crippen molar-refractivity contribution in [2.45, 2.75) is 25.9 Å². The van der Waals surface area contributed by atoms with E-state index in [2.05, 4.69) is 15.8 Å². The molecule has 1 aromatic heterocycles. The van der Waals surface area contributed by atoms with Crippen molar-refractivity contribution in [3.05, 3.63) is 80.7 Å². The number of halogens is 1. The van der Waals surface area contributed by atoms with E-state index in [0.717, 1.165) is 35.3 Å². The Morgan fingerprint density at radius 2 is 1.80 bits per heavy atom. The Labute approximate surface area is 210 Å². The van der Waals surface area contributed by atoms with Gasteiger partial charge >= 0.3 is 17.8 Å². The highest BCUT2D eigenvalue weighted by Crippen LogP contribution is 2.39. The fraction of sp³-hybridized carbons (Fsp3) is 0.200. The minimum Gasteiger partial charge on any atom is -0.489 e. The third kappa shape index (κ3) is 6.06. The second-order valence-corrected chi connectivity index (χ2v) is 9.23. The summed E-state index contributed by atoms with van der Waals surface area (Å²) in [6.45, 7) is 0.403. The Hall–Kier alpha value is -3.69. The van der Waals surface area contributed by atoms with Crippen molar-refractivity contribution < 1.29 is 23.9 Å². The third-order valence-electron chi connectivity index (χ3n) is 5.32. The van der Waals surface area contributed by atoms with E-state index in [1.807, 2.05) is 12.1 Å². The van der Waals surface area contributed by atoms with Gasteiger partial charge in [-0.15, -0.1) is 11.3 Å². The van der Waals surface area contributed by atoms with Crippen LogP contribution in [0.15, 0.2) is 53.6 Å². The number of anilines is 1. The van der Waals surface area contributed by atoms with Crippen molar-refractivity contribution in [1.82, 2.24) is 5.43 Å². The number of hydrazone groups is 1. The molecule has 0 spiro atoms. The fourth-order valence-electron chi connectivity index (χ4n) is 3.58. The predicted octanol–water partition coefficient (Wildman–Crippen LogP) is 4.34. The van der Waals surface area contributed by atoms with Gasteiger partial charge < -0.3 is 14.8 Å². The van der Waals surface area contributed by atoms with Crippen molar-refractivity contribution in [1.29, 1.82) is 0 Å². The Kier molecular flexibility index (Phi) is 7.79. The predicted molar refractivity (Wildman–Crippen MR) is 134 cm³/mol. The molecule has 2 aromatic carbocycles. The lowest BCUT2D eigenvalue weighted by Gasteiger charge is -2.07. The molecule has 0 fully saturated rings. The molecule has 2 amide bonds. The first-order chi connectivity index (χ1) is 16.9. The van der Waals surface area contributed by atoms with Gasteiger partial charge in [-0.25, -0.2) is 10.2 Å². The highest BCUT2D eigenvalue weighted by Gasteiger charge is 2.29. The summed E-state index contributed by atoms with van der Waals surface area (Å²) in [5, 5.41) is 7.33. The Bertz CT molecular complexity index is 1270. The lowest BCUT2D eigenvalue weighted by atomic mass is 10.1. The third-order valence-corrected chi connectivity index (χ3v) is 6.78. The first-order valence-electron chi connectivity index (χ1n) is 10.8. The Balaban J connectivity index is 1.29. The van der Waals surface area contributed by atoms with Crippen LogP contribution in [0.1, 0.15) is 38.3 Å². The smallest absolute Gasteiger partial charge is 0.341 e. The van der Waals surface area contributed by atoms with E-state index in [1.54, 1.807) is 36.4 Å². The van der Waals surface area contributed by atoms with Crippen LogP contribution < -0.4 is 15.5 Å². The molecule has 3 aromatic rings. The molecule has 1 aliphatic rings. The maximum absolute atomic E-state index is 12.3. The molecule has 8 nitrogen and oxygen atoms in total. The number of hydrogen-bond donors (Lipinski definition) is 2. The number of nitrogens with zero attached hydrogens (tertiary/aromatic N) is 1. The molecule has 35 heavy (non-hydrogen) atoms. The maximum Gasteiger partial charge on any atom is 0.341 e. The average molecular weight is 512 g/mol. The highest BCUT2D eigenvalue weighted by molar-refractivity contribution is 7.17. The molecule has 1 aliphatic carbocycles. The summed E-state index contributed by atoms with van der Waals surface area (Å²) in [6.07, 6.45) is 3.94. The number of aryl methyl sites for hydroxylation is 1. The number of ether oxygens (including phenoxy) is 2. The number of rotatable bonds is 7. The van der Waals surface area contributed by atoms with Gasteiger partial charge in [0.25, 0.3) is 0 Å². The summed E-state index contributed by atoms with van der Waals surface area (Å²) in [6, 6.07) is 14.5. The first-order valence-corrected chi connectivity index (χ1v) is 12.0. The van der Waals surface area contributed by atoms with E-state index < -0.39 is 17.8 Å². The fourth-order valence-corrected chi connectivity index (χ4v) is 4.98. The summed E-state index contributed by atoms with van der Waals surface area (Å²) in [4.78, 5) is 37.7. The number of fused-ring (bicyclic) bond motifs is 1. The molecule has 4 rings (SSSR count). The molecule has 0 radical (unpaired) electrons. The summed E-state index contributed by atoms with van der Waals surface area (Å²) in [5.74, 6) is -1.73. The van der Waals surface area contributed by atoms with E-state index in [9.17, 15) is 14.4 Å². The number of benzene rings is 2. The van der Waals surface area contributed by atoms with Crippen LogP contribution in [0.25, 0.3) is 0 Å². The number of carbonyl (C=O) groups is 3. The summed E-state index contributed by atoms with van der Waals surface area (Å²) >= 11 is 7.17.